The van der Waals surface area contributed by atoms with Crippen LogP contribution in [-0.4, -0.2) is 9.97 Å². The zero-order chi connectivity index (χ0) is 33.7. The Kier molecular flexibility index (Phi) is 6.64. The standard InChI is InChI=1S/C38H12F2N8/c39-31-11-21(1-3-23(31)13-41)19-5-7-27-29(9-19)33(25(15-43)16-44)37-35(27)47-38-34(26(17-45)18-46)30-10-20(6-8-28(30)36(38)48-37)22-2-4-24(14-42)32(40)12-22/h1-12H. The average Bonchev–Trinajstić information content (AvgIpc) is 3.59. The maximum Gasteiger partial charge on any atom is 0.141 e. The summed E-state index contributed by atoms with van der Waals surface area (Å²) in [4.78, 5) is 9.80. The molecule has 218 valence electrons. The number of rotatable bonds is 2. The van der Waals surface area contributed by atoms with Gasteiger partial charge in [0.2, 0.25) is 0 Å². The lowest BCUT2D eigenvalue weighted by atomic mass is 9.95. The number of benzene rings is 4. The minimum atomic E-state index is -0.694. The topological polar surface area (TPSA) is 169 Å². The van der Waals surface area contributed by atoms with Gasteiger partial charge >= 0.3 is 0 Å². The van der Waals surface area contributed by atoms with Crippen molar-refractivity contribution in [2.45, 2.75) is 0 Å². The second-order valence-electron chi connectivity index (χ2n) is 10.7. The van der Waals surface area contributed by atoms with E-state index in [-0.39, 0.29) is 44.8 Å². The highest BCUT2D eigenvalue weighted by atomic mass is 19.1. The Morgan fingerprint density at radius 3 is 1.12 bits per heavy atom. The molecule has 0 fully saturated rings. The van der Waals surface area contributed by atoms with Crippen LogP contribution in [0.4, 0.5) is 8.78 Å². The van der Waals surface area contributed by atoms with E-state index >= 15 is 0 Å². The van der Waals surface area contributed by atoms with Gasteiger partial charge in [0.1, 0.15) is 70.6 Å². The van der Waals surface area contributed by atoms with Crippen LogP contribution < -0.4 is 0 Å². The van der Waals surface area contributed by atoms with Crippen LogP contribution in [-0.2, 0) is 0 Å². The van der Waals surface area contributed by atoms with Gasteiger partial charge in [-0.1, -0.05) is 36.4 Å². The molecular formula is C38H12F2N8. The summed E-state index contributed by atoms with van der Waals surface area (Å²) in [5, 5.41) is 58.1. The summed E-state index contributed by atoms with van der Waals surface area (Å²) in [6.07, 6.45) is 0. The largest absolute Gasteiger partial charge is 0.243 e. The summed E-state index contributed by atoms with van der Waals surface area (Å²) >= 11 is 0. The highest BCUT2D eigenvalue weighted by Crippen LogP contribution is 2.51. The fourth-order valence-electron chi connectivity index (χ4n) is 6.04. The number of hydrogen-bond acceptors (Lipinski definition) is 8. The van der Waals surface area contributed by atoms with Gasteiger partial charge in [0.25, 0.3) is 0 Å². The molecule has 0 aliphatic heterocycles. The minimum absolute atomic E-state index is 0.110. The lowest BCUT2D eigenvalue weighted by Crippen LogP contribution is -1.98. The number of fused-ring (bicyclic) bond motifs is 6. The molecule has 0 spiro atoms. The van der Waals surface area contributed by atoms with Crippen LogP contribution in [0.2, 0.25) is 0 Å². The lowest BCUT2D eigenvalue weighted by Gasteiger charge is -2.08. The van der Waals surface area contributed by atoms with E-state index in [4.69, 9.17) is 20.5 Å². The van der Waals surface area contributed by atoms with Gasteiger partial charge in [0.05, 0.1) is 22.5 Å². The number of aromatic nitrogens is 2. The van der Waals surface area contributed by atoms with Gasteiger partial charge in [0, 0.05) is 22.3 Å². The predicted molar refractivity (Wildman–Crippen MR) is 168 cm³/mol. The van der Waals surface area contributed by atoms with Gasteiger partial charge in [0.15, 0.2) is 0 Å². The highest BCUT2D eigenvalue weighted by Gasteiger charge is 2.36. The molecule has 5 aromatic rings. The Morgan fingerprint density at radius 2 is 0.792 bits per heavy atom. The molecule has 4 aromatic carbocycles. The van der Waals surface area contributed by atoms with Crippen molar-refractivity contribution in [1.29, 1.82) is 31.6 Å². The van der Waals surface area contributed by atoms with Crippen molar-refractivity contribution in [3.8, 4) is 81.2 Å². The Hall–Kier alpha value is -7.76. The predicted octanol–water partition coefficient (Wildman–Crippen LogP) is 7.49. The van der Waals surface area contributed by atoms with E-state index in [9.17, 15) is 29.8 Å². The molecule has 0 radical (unpaired) electrons. The van der Waals surface area contributed by atoms with Crippen LogP contribution in [0.3, 0.4) is 0 Å². The third kappa shape index (κ3) is 4.21. The van der Waals surface area contributed by atoms with Gasteiger partial charge in [-0.25, -0.2) is 18.7 Å². The smallest absolute Gasteiger partial charge is 0.141 e. The van der Waals surface area contributed by atoms with Crippen LogP contribution in [0.1, 0.15) is 33.6 Å². The molecule has 0 amide bonds. The number of nitriles is 6. The molecular weight excluding hydrogens is 606 g/mol. The average molecular weight is 619 g/mol. The van der Waals surface area contributed by atoms with Gasteiger partial charge < -0.3 is 0 Å². The van der Waals surface area contributed by atoms with Crippen LogP contribution in [0.5, 0.6) is 0 Å². The normalized spacial score (nSPS) is 11.3. The Balaban J connectivity index is 1.46. The Labute approximate surface area is 271 Å². The van der Waals surface area contributed by atoms with E-state index in [1.54, 1.807) is 60.7 Å². The van der Waals surface area contributed by atoms with Gasteiger partial charge in [-0.15, -0.1) is 0 Å². The van der Waals surface area contributed by atoms with E-state index in [1.165, 1.54) is 24.3 Å². The van der Waals surface area contributed by atoms with Crippen molar-refractivity contribution in [3.63, 3.8) is 0 Å². The fraction of sp³-hybridized carbons (Fsp3) is 0. The third-order valence-corrected chi connectivity index (χ3v) is 8.25. The van der Waals surface area contributed by atoms with Gasteiger partial charge in [-0.3, -0.25) is 0 Å². The second-order valence-corrected chi connectivity index (χ2v) is 10.7. The molecule has 0 bridgehead atoms. The first-order chi connectivity index (χ1) is 23.3. The monoisotopic (exact) mass is 618 g/mol. The summed E-state index contributed by atoms with van der Waals surface area (Å²) in [6.45, 7) is 0. The number of nitrogens with zero attached hydrogens (tertiary/aromatic N) is 8. The van der Waals surface area contributed by atoms with Crippen molar-refractivity contribution >= 4 is 11.1 Å². The Morgan fingerprint density at radius 1 is 0.438 bits per heavy atom. The van der Waals surface area contributed by atoms with E-state index in [0.717, 1.165) is 0 Å². The van der Waals surface area contributed by atoms with Gasteiger partial charge in [-0.2, -0.15) is 31.6 Å². The second kappa shape index (κ2) is 11.0. The molecule has 0 saturated carbocycles. The number of allylic oxidation sites excluding steroid dienone is 2. The van der Waals surface area contributed by atoms with Crippen molar-refractivity contribution in [3.05, 3.63) is 129 Å². The maximum atomic E-state index is 14.5. The summed E-state index contributed by atoms with van der Waals surface area (Å²) in [5.74, 6) is -1.39. The van der Waals surface area contributed by atoms with E-state index in [2.05, 4.69) is 0 Å². The first-order valence-electron chi connectivity index (χ1n) is 14.1. The molecule has 7 rings (SSSR count). The molecule has 8 nitrogen and oxygen atoms in total. The Bertz CT molecular complexity index is 2440. The van der Waals surface area contributed by atoms with Crippen LogP contribution in [0.25, 0.3) is 55.9 Å². The molecule has 0 N–H and O–H groups in total. The highest BCUT2D eigenvalue weighted by molar-refractivity contribution is 6.07. The molecule has 10 heteroatoms. The first kappa shape index (κ1) is 29.0. The molecule has 2 aliphatic carbocycles. The summed E-state index contributed by atoms with van der Waals surface area (Å²) in [5.41, 5.74) is 4.89. The van der Waals surface area contributed by atoms with Gasteiger partial charge in [-0.05, 0) is 69.8 Å². The lowest BCUT2D eigenvalue weighted by molar-refractivity contribution is 0.624. The molecule has 0 unspecified atom stereocenters. The molecule has 0 saturated heterocycles. The molecule has 48 heavy (non-hydrogen) atoms. The van der Waals surface area contributed by atoms with Crippen molar-refractivity contribution in [2.75, 3.05) is 0 Å². The van der Waals surface area contributed by atoms with Crippen molar-refractivity contribution in [2.24, 2.45) is 0 Å². The van der Waals surface area contributed by atoms with E-state index in [0.29, 0.717) is 55.9 Å². The maximum absolute atomic E-state index is 14.5. The van der Waals surface area contributed by atoms with E-state index in [1.807, 2.05) is 24.3 Å². The molecule has 2 aliphatic rings. The SMILES string of the molecule is N#CC(C#N)=C1c2cc(-c3ccc(C#N)c(F)c3)ccc2-c2nc3c(nc21)-c1ccc(-c2ccc(C#N)c(F)c2)cc1C3=C(C#N)C#N. The minimum Gasteiger partial charge on any atom is -0.243 e. The molecule has 0 atom stereocenters. The zero-order valence-corrected chi connectivity index (χ0v) is 24.3. The van der Waals surface area contributed by atoms with Crippen molar-refractivity contribution in [1.82, 2.24) is 9.97 Å². The van der Waals surface area contributed by atoms with E-state index < -0.39 is 11.6 Å². The number of halogens is 2. The molecule has 1 aromatic heterocycles. The fourth-order valence-corrected chi connectivity index (χ4v) is 6.04. The van der Waals surface area contributed by atoms with Crippen LogP contribution >= 0.6 is 0 Å². The zero-order valence-electron chi connectivity index (χ0n) is 24.3. The summed E-state index contributed by atoms with van der Waals surface area (Å²) in [6, 6.07) is 29.9. The first-order valence-corrected chi connectivity index (χ1v) is 14.1. The summed E-state index contributed by atoms with van der Waals surface area (Å²) in [7, 11) is 0. The summed E-state index contributed by atoms with van der Waals surface area (Å²) < 4.78 is 29.0. The van der Waals surface area contributed by atoms with Crippen molar-refractivity contribution < 1.29 is 8.78 Å². The quantitative estimate of drug-likeness (QED) is 0.179. The number of hydrogen-bond donors (Lipinski definition) is 0. The van der Waals surface area contributed by atoms with Crippen LogP contribution in [0, 0.1) is 79.6 Å². The molecule has 1 heterocycles. The third-order valence-electron chi connectivity index (χ3n) is 8.25. The van der Waals surface area contributed by atoms with Crippen LogP contribution in [0.15, 0.2) is 83.9 Å².